The Labute approximate surface area is 484 Å². The predicted molar refractivity (Wildman–Crippen MR) is 335 cm³/mol. The van der Waals surface area contributed by atoms with Crippen LogP contribution in [0.2, 0.25) is 0 Å². The van der Waals surface area contributed by atoms with Gasteiger partial charge in [-0.3, -0.25) is 18.6 Å². The van der Waals surface area contributed by atoms with Crippen LogP contribution in [-0.2, 0) is 32.7 Å². The van der Waals surface area contributed by atoms with Gasteiger partial charge in [-0.05, 0) is 44.9 Å². The summed E-state index contributed by atoms with van der Waals surface area (Å²) in [5, 5.41) is 0. The number of ether oxygens (including phenoxy) is 2. The molecule has 2 unspecified atom stereocenters. The van der Waals surface area contributed by atoms with Gasteiger partial charge in [0.1, 0.15) is 19.8 Å². The standard InChI is InChI=1S/C68H130NO8P/c1-6-8-10-12-14-16-18-20-22-24-25-26-27-28-29-30-31-32-33-34-35-36-37-38-39-40-41-42-43-45-46-48-50-52-54-56-58-60-67(70)74-64-66(65-76-78(72,73)75-63-62-69(3,4)5)77-68(71)61-59-57-55-53-51-49-47-44-23-21-19-17-15-13-11-9-7-2/h9,11,15,17,21,23,66H,6-8,10,12-14,16,18-20,22,24-65H2,1-5H3/p+1/b11-9-,17-15-,23-21-. The van der Waals surface area contributed by atoms with Gasteiger partial charge in [0.05, 0.1) is 27.7 Å². The topological polar surface area (TPSA) is 108 Å². The highest BCUT2D eigenvalue weighted by Gasteiger charge is 2.27. The lowest BCUT2D eigenvalue weighted by molar-refractivity contribution is -0.870. The molecule has 0 saturated heterocycles. The fourth-order valence-electron chi connectivity index (χ4n) is 10.0. The molecule has 2 atom stereocenters. The number of hydrogen-bond donors (Lipinski definition) is 1. The van der Waals surface area contributed by atoms with E-state index in [1.165, 1.54) is 238 Å². The van der Waals surface area contributed by atoms with Crippen molar-refractivity contribution >= 4 is 19.8 Å². The van der Waals surface area contributed by atoms with Crippen LogP contribution < -0.4 is 0 Å². The molecule has 0 aliphatic rings. The number of rotatable bonds is 63. The van der Waals surface area contributed by atoms with Crippen LogP contribution >= 0.6 is 7.82 Å². The molecule has 9 nitrogen and oxygen atoms in total. The molecule has 0 radical (unpaired) electrons. The van der Waals surface area contributed by atoms with Crippen molar-refractivity contribution < 1.29 is 42.1 Å². The molecular formula is C68H131NO8P+. The Morgan fingerprint density at radius 3 is 1.09 bits per heavy atom. The van der Waals surface area contributed by atoms with Crippen molar-refractivity contribution in [3.05, 3.63) is 36.5 Å². The number of likely N-dealkylation sites (N-methyl/N-ethyl adjacent to an activating group) is 1. The summed E-state index contributed by atoms with van der Waals surface area (Å²) in [4.78, 5) is 35.7. The first-order valence-electron chi connectivity index (χ1n) is 33.7. The maximum atomic E-state index is 12.8. The minimum Gasteiger partial charge on any atom is -0.462 e. The highest BCUT2D eigenvalue weighted by atomic mass is 31.2. The molecule has 0 fully saturated rings. The summed E-state index contributed by atoms with van der Waals surface area (Å²) in [7, 11) is 1.48. The second kappa shape index (κ2) is 59.8. The molecule has 10 heteroatoms. The van der Waals surface area contributed by atoms with Crippen LogP contribution in [0.4, 0.5) is 0 Å². The van der Waals surface area contributed by atoms with Crippen molar-refractivity contribution in [2.24, 2.45) is 0 Å². The summed E-state index contributed by atoms with van der Waals surface area (Å²) in [6, 6.07) is 0. The number of phosphoric ester groups is 1. The molecule has 0 aromatic heterocycles. The number of nitrogens with zero attached hydrogens (tertiary/aromatic N) is 1. The van der Waals surface area contributed by atoms with Gasteiger partial charge in [0.15, 0.2) is 6.10 Å². The summed E-state index contributed by atoms with van der Waals surface area (Å²) in [5.41, 5.74) is 0. The number of hydrogen-bond acceptors (Lipinski definition) is 7. The average Bonchev–Trinajstić information content (AvgIpc) is 3.40. The Bertz CT molecular complexity index is 1410. The van der Waals surface area contributed by atoms with Gasteiger partial charge in [0, 0.05) is 12.8 Å². The monoisotopic (exact) mass is 1120 g/mol. The number of allylic oxidation sites excluding steroid dienone is 6. The molecule has 0 amide bonds. The first kappa shape index (κ1) is 76.2. The van der Waals surface area contributed by atoms with Crippen molar-refractivity contribution in [2.75, 3.05) is 47.5 Å². The number of phosphoric acid groups is 1. The van der Waals surface area contributed by atoms with E-state index in [0.717, 1.165) is 64.2 Å². The van der Waals surface area contributed by atoms with Crippen molar-refractivity contribution in [3.63, 3.8) is 0 Å². The van der Waals surface area contributed by atoms with E-state index in [2.05, 4.69) is 50.3 Å². The van der Waals surface area contributed by atoms with E-state index in [4.69, 9.17) is 18.5 Å². The van der Waals surface area contributed by atoms with Gasteiger partial charge in [0.25, 0.3) is 0 Å². The number of carbonyl (C=O) groups is 2. The van der Waals surface area contributed by atoms with E-state index in [9.17, 15) is 19.0 Å². The number of quaternary nitrogens is 1. The third-order valence-corrected chi connectivity index (χ3v) is 16.2. The van der Waals surface area contributed by atoms with Crippen LogP contribution in [0.15, 0.2) is 36.5 Å². The molecule has 0 spiro atoms. The van der Waals surface area contributed by atoms with Gasteiger partial charge in [-0.1, -0.05) is 314 Å². The zero-order valence-corrected chi connectivity index (χ0v) is 53.3. The highest BCUT2D eigenvalue weighted by molar-refractivity contribution is 7.47. The van der Waals surface area contributed by atoms with Crippen LogP contribution in [-0.4, -0.2) is 74.9 Å². The number of carbonyl (C=O) groups excluding carboxylic acids is 2. The average molecular weight is 1120 g/mol. The lowest BCUT2D eigenvalue weighted by Crippen LogP contribution is -2.37. The van der Waals surface area contributed by atoms with Crippen LogP contribution in [0.1, 0.15) is 335 Å². The summed E-state index contributed by atoms with van der Waals surface area (Å²) in [6.45, 7) is 4.36. The lowest BCUT2D eigenvalue weighted by Gasteiger charge is -2.24. The van der Waals surface area contributed by atoms with Crippen molar-refractivity contribution in [2.45, 2.75) is 341 Å². The summed E-state index contributed by atoms with van der Waals surface area (Å²) in [5.74, 6) is -0.794. The van der Waals surface area contributed by atoms with Crippen LogP contribution in [0.5, 0.6) is 0 Å². The fourth-order valence-corrected chi connectivity index (χ4v) is 10.8. The van der Waals surface area contributed by atoms with Gasteiger partial charge < -0.3 is 18.9 Å². The molecule has 0 aliphatic heterocycles. The Kier molecular flexibility index (Phi) is 58.5. The second-order valence-corrected chi connectivity index (χ2v) is 25.6. The van der Waals surface area contributed by atoms with Crippen molar-refractivity contribution in [1.29, 1.82) is 0 Å². The van der Waals surface area contributed by atoms with Crippen LogP contribution in [0, 0.1) is 0 Å². The first-order chi connectivity index (χ1) is 38.0. The molecule has 460 valence electrons. The van der Waals surface area contributed by atoms with Gasteiger partial charge in [0.2, 0.25) is 0 Å². The summed E-state index contributed by atoms with van der Waals surface area (Å²) < 4.78 is 34.6. The zero-order chi connectivity index (χ0) is 57.0. The molecular weight excluding hydrogens is 990 g/mol. The number of unbranched alkanes of at least 4 members (excludes halogenated alkanes) is 43. The molecule has 0 bridgehead atoms. The second-order valence-electron chi connectivity index (χ2n) is 24.2. The number of esters is 2. The highest BCUT2D eigenvalue weighted by Crippen LogP contribution is 2.43. The van der Waals surface area contributed by atoms with E-state index >= 15 is 0 Å². The minimum atomic E-state index is -4.39. The lowest BCUT2D eigenvalue weighted by atomic mass is 10.0. The molecule has 0 rings (SSSR count). The van der Waals surface area contributed by atoms with E-state index < -0.39 is 26.5 Å². The van der Waals surface area contributed by atoms with Crippen molar-refractivity contribution in [1.82, 2.24) is 0 Å². The minimum absolute atomic E-state index is 0.0307. The quantitative estimate of drug-likeness (QED) is 0.0211. The Balaban J connectivity index is 3.89. The fraction of sp³-hybridized carbons (Fsp3) is 0.882. The largest absolute Gasteiger partial charge is 0.472 e. The summed E-state index contributed by atoms with van der Waals surface area (Å²) in [6.07, 6.45) is 75.6. The van der Waals surface area contributed by atoms with Gasteiger partial charge >= 0.3 is 19.8 Å². The van der Waals surface area contributed by atoms with E-state index in [0.29, 0.717) is 23.9 Å². The predicted octanol–water partition coefficient (Wildman–Crippen LogP) is 21.5. The molecule has 0 saturated carbocycles. The van der Waals surface area contributed by atoms with Crippen molar-refractivity contribution in [3.8, 4) is 0 Å². The summed E-state index contributed by atoms with van der Waals surface area (Å²) >= 11 is 0. The smallest absolute Gasteiger partial charge is 0.462 e. The molecule has 0 aromatic rings. The van der Waals surface area contributed by atoms with E-state index in [-0.39, 0.29) is 25.6 Å². The SMILES string of the molecule is CC/C=C\C/C=C\C/C=C\CCCCCCCCCC(=O)OC(COC(=O)CCCCCCCCCCCCCCCCCCCCCCCCCCCCCCCCCCCCCCC)COP(=O)(O)OCC[N+](C)(C)C. The Morgan fingerprint density at radius 1 is 0.410 bits per heavy atom. The Hall–Kier alpha value is -1.77. The molecule has 1 N–H and O–H groups in total. The maximum Gasteiger partial charge on any atom is 0.472 e. The third kappa shape index (κ3) is 63.4. The third-order valence-electron chi connectivity index (χ3n) is 15.2. The van der Waals surface area contributed by atoms with Gasteiger partial charge in [-0.2, -0.15) is 0 Å². The molecule has 0 aromatic carbocycles. The van der Waals surface area contributed by atoms with Gasteiger partial charge in [-0.25, -0.2) is 4.57 Å². The molecule has 78 heavy (non-hydrogen) atoms. The molecule has 0 aliphatic carbocycles. The zero-order valence-electron chi connectivity index (χ0n) is 52.4. The normalized spacial score (nSPS) is 13.4. The molecule has 0 heterocycles. The van der Waals surface area contributed by atoms with Gasteiger partial charge in [-0.15, -0.1) is 0 Å². The van der Waals surface area contributed by atoms with Crippen LogP contribution in [0.25, 0.3) is 0 Å². The maximum absolute atomic E-state index is 12.8. The Morgan fingerprint density at radius 2 is 0.731 bits per heavy atom. The first-order valence-corrected chi connectivity index (χ1v) is 35.2. The van der Waals surface area contributed by atoms with E-state index in [1.807, 2.05) is 21.1 Å². The van der Waals surface area contributed by atoms with Crippen LogP contribution in [0.3, 0.4) is 0 Å². The van der Waals surface area contributed by atoms with E-state index in [1.54, 1.807) is 0 Å².